The summed E-state index contributed by atoms with van der Waals surface area (Å²) in [7, 11) is 0. The maximum atomic E-state index is 6.24. The third-order valence-electron chi connectivity index (χ3n) is 4.59. The minimum Gasteiger partial charge on any atom is -0.459 e. The molecule has 4 nitrogen and oxygen atoms in total. The molecule has 26 heavy (non-hydrogen) atoms. The third kappa shape index (κ3) is 3.15. The SMILES string of the molecule is CCN1C(=S)N[C@@H](c2ccccn2)[C@H]1c1ccc(-c2ccc(Br)cc2)o1. The van der Waals surface area contributed by atoms with Crippen LogP contribution in [0.4, 0.5) is 0 Å². The summed E-state index contributed by atoms with van der Waals surface area (Å²) < 4.78 is 7.29. The number of benzene rings is 1. The molecule has 1 aliphatic rings. The number of thiocarbonyl (C=S) groups is 1. The molecule has 0 unspecified atom stereocenters. The Morgan fingerprint density at radius 2 is 1.96 bits per heavy atom. The molecule has 0 radical (unpaired) electrons. The van der Waals surface area contributed by atoms with Crippen LogP contribution in [0.3, 0.4) is 0 Å². The highest BCUT2D eigenvalue weighted by atomic mass is 79.9. The van der Waals surface area contributed by atoms with E-state index in [9.17, 15) is 0 Å². The number of nitrogens with zero attached hydrogens (tertiary/aromatic N) is 2. The van der Waals surface area contributed by atoms with Crippen molar-refractivity contribution < 1.29 is 4.42 Å². The highest BCUT2D eigenvalue weighted by Gasteiger charge is 2.40. The lowest BCUT2D eigenvalue weighted by atomic mass is 10.0. The number of hydrogen-bond donors (Lipinski definition) is 1. The molecule has 1 fully saturated rings. The largest absolute Gasteiger partial charge is 0.459 e. The second kappa shape index (κ2) is 7.21. The predicted octanol–water partition coefficient (Wildman–Crippen LogP) is 5.10. The Balaban J connectivity index is 1.71. The Hall–Kier alpha value is -2.18. The average molecular weight is 428 g/mol. The molecule has 0 bridgehead atoms. The van der Waals surface area contributed by atoms with Crippen molar-refractivity contribution in [1.82, 2.24) is 15.2 Å². The second-order valence-electron chi connectivity index (χ2n) is 6.12. The van der Waals surface area contributed by atoms with Gasteiger partial charge in [-0.15, -0.1) is 0 Å². The van der Waals surface area contributed by atoms with Gasteiger partial charge in [0.05, 0.1) is 11.7 Å². The first-order chi connectivity index (χ1) is 12.7. The van der Waals surface area contributed by atoms with Crippen LogP contribution in [0.1, 0.15) is 30.5 Å². The van der Waals surface area contributed by atoms with Crippen molar-refractivity contribution in [2.75, 3.05) is 6.54 Å². The van der Waals surface area contributed by atoms with E-state index in [1.165, 1.54) is 0 Å². The summed E-state index contributed by atoms with van der Waals surface area (Å²) in [5, 5.41) is 4.14. The number of likely N-dealkylation sites (N-methyl/N-ethyl adjacent to an activating group) is 1. The highest BCUT2D eigenvalue weighted by molar-refractivity contribution is 9.10. The van der Waals surface area contributed by atoms with Crippen molar-refractivity contribution in [3.8, 4) is 11.3 Å². The van der Waals surface area contributed by atoms with E-state index >= 15 is 0 Å². The van der Waals surface area contributed by atoms with E-state index in [0.717, 1.165) is 38.9 Å². The molecule has 1 aliphatic heterocycles. The quantitative estimate of drug-likeness (QED) is 0.586. The molecule has 2 aromatic heterocycles. The zero-order chi connectivity index (χ0) is 18.1. The van der Waals surface area contributed by atoms with Gasteiger partial charge in [0, 0.05) is 22.8 Å². The summed E-state index contributed by atoms with van der Waals surface area (Å²) in [6.45, 7) is 2.90. The van der Waals surface area contributed by atoms with Gasteiger partial charge in [-0.3, -0.25) is 4.98 Å². The van der Waals surface area contributed by atoms with Crippen molar-refractivity contribution in [3.63, 3.8) is 0 Å². The molecule has 0 aliphatic carbocycles. The van der Waals surface area contributed by atoms with Gasteiger partial charge < -0.3 is 14.6 Å². The van der Waals surface area contributed by atoms with Crippen molar-refractivity contribution in [2.45, 2.75) is 19.0 Å². The molecule has 4 rings (SSSR count). The zero-order valence-corrected chi connectivity index (χ0v) is 16.6. The van der Waals surface area contributed by atoms with Crippen LogP contribution >= 0.6 is 28.1 Å². The summed E-state index contributed by atoms with van der Waals surface area (Å²) in [5.74, 6) is 1.73. The average Bonchev–Trinajstić information content (AvgIpc) is 3.27. The van der Waals surface area contributed by atoms with Crippen LogP contribution in [0.25, 0.3) is 11.3 Å². The molecule has 6 heteroatoms. The fraction of sp³-hybridized carbons (Fsp3) is 0.200. The number of rotatable bonds is 4. The molecule has 1 aromatic carbocycles. The Morgan fingerprint density at radius 3 is 2.65 bits per heavy atom. The first-order valence-corrected chi connectivity index (χ1v) is 9.71. The lowest BCUT2D eigenvalue weighted by Gasteiger charge is -2.24. The van der Waals surface area contributed by atoms with Gasteiger partial charge in [-0.1, -0.05) is 34.1 Å². The maximum Gasteiger partial charge on any atom is 0.170 e. The molecule has 2 atom stereocenters. The van der Waals surface area contributed by atoms with Gasteiger partial charge in [-0.05, 0) is 55.5 Å². The molecular formula is C20H18BrN3OS. The summed E-state index contributed by atoms with van der Waals surface area (Å²) in [6.07, 6.45) is 1.81. The van der Waals surface area contributed by atoms with Crippen LogP contribution in [0.15, 0.2) is 69.7 Å². The Kier molecular flexibility index (Phi) is 4.78. The van der Waals surface area contributed by atoms with E-state index < -0.39 is 0 Å². The molecule has 0 spiro atoms. The molecule has 1 N–H and O–H groups in total. The van der Waals surface area contributed by atoms with Crippen LogP contribution in [0.2, 0.25) is 0 Å². The molecule has 0 amide bonds. The minimum absolute atomic E-state index is 0.0217. The van der Waals surface area contributed by atoms with Crippen LogP contribution < -0.4 is 5.32 Å². The van der Waals surface area contributed by atoms with Crippen molar-refractivity contribution in [3.05, 3.63) is 76.7 Å². The van der Waals surface area contributed by atoms with E-state index in [0.29, 0.717) is 0 Å². The van der Waals surface area contributed by atoms with Gasteiger partial charge in [-0.25, -0.2) is 0 Å². The molecule has 0 saturated carbocycles. The molecule has 132 valence electrons. The number of pyridine rings is 1. The molecule has 3 heterocycles. The van der Waals surface area contributed by atoms with Gasteiger partial charge in [0.15, 0.2) is 5.11 Å². The van der Waals surface area contributed by atoms with Gasteiger partial charge in [0.2, 0.25) is 0 Å². The Morgan fingerprint density at radius 1 is 1.15 bits per heavy atom. The van der Waals surface area contributed by atoms with E-state index in [1.54, 1.807) is 6.20 Å². The van der Waals surface area contributed by atoms with Crippen LogP contribution in [0, 0.1) is 0 Å². The first kappa shape index (κ1) is 17.2. The fourth-order valence-electron chi connectivity index (χ4n) is 3.34. The monoisotopic (exact) mass is 427 g/mol. The van der Waals surface area contributed by atoms with Crippen LogP contribution in [0.5, 0.6) is 0 Å². The van der Waals surface area contributed by atoms with Crippen LogP contribution in [-0.4, -0.2) is 21.5 Å². The number of halogens is 1. The van der Waals surface area contributed by atoms with Crippen LogP contribution in [-0.2, 0) is 0 Å². The predicted molar refractivity (Wildman–Crippen MR) is 110 cm³/mol. The summed E-state index contributed by atoms with van der Waals surface area (Å²) in [6, 6.07) is 18.0. The summed E-state index contributed by atoms with van der Waals surface area (Å²) in [5.41, 5.74) is 2.00. The van der Waals surface area contributed by atoms with E-state index in [1.807, 2.05) is 54.6 Å². The molecule has 1 saturated heterocycles. The fourth-order valence-corrected chi connectivity index (χ4v) is 3.97. The topological polar surface area (TPSA) is 41.3 Å². The van der Waals surface area contributed by atoms with Crippen molar-refractivity contribution >= 4 is 33.3 Å². The number of aromatic nitrogens is 1. The van der Waals surface area contributed by atoms with Gasteiger partial charge in [0.25, 0.3) is 0 Å². The lowest BCUT2D eigenvalue weighted by molar-refractivity contribution is 0.284. The second-order valence-corrected chi connectivity index (χ2v) is 7.42. The molecular weight excluding hydrogens is 410 g/mol. The lowest BCUT2D eigenvalue weighted by Crippen LogP contribution is -2.29. The van der Waals surface area contributed by atoms with Gasteiger partial charge in [-0.2, -0.15) is 0 Å². The first-order valence-electron chi connectivity index (χ1n) is 8.51. The van der Waals surface area contributed by atoms with Gasteiger partial charge >= 0.3 is 0 Å². The number of nitrogens with one attached hydrogen (secondary N) is 1. The van der Waals surface area contributed by atoms with Gasteiger partial charge in [0.1, 0.15) is 17.6 Å². The van der Waals surface area contributed by atoms with E-state index in [4.69, 9.17) is 16.6 Å². The van der Waals surface area contributed by atoms with Crippen molar-refractivity contribution in [2.24, 2.45) is 0 Å². The standard InChI is InChI=1S/C20H18BrN3OS/c1-2-24-19(18(23-20(24)26)15-5-3-4-12-22-15)17-11-10-16(25-17)13-6-8-14(21)9-7-13/h3-12,18-19H,2H2,1H3,(H,23,26)/t18-,19+/m0/s1. The normalized spacial score (nSPS) is 19.6. The summed E-state index contributed by atoms with van der Waals surface area (Å²) >= 11 is 9.02. The maximum absolute atomic E-state index is 6.24. The third-order valence-corrected chi connectivity index (χ3v) is 5.47. The zero-order valence-electron chi connectivity index (χ0n) is 14.2. The highest BCUT2D eigenvalue weighted by Crippen LogP contribution is 2.40. The number of hydrogen-bond acceptors (Lipinski definition) is 3. The Labute approximate surface area is 166 Å². The minimum atomic E-state index is -0.0347. The molecule has 3 aromatic rings. The van der Waals surface area contributed by atoms with E-state index in [2.05, 4.69) is 38.1 Å². The van der Waals surface area contributed by atoms with E-state index in [-0.39, 0.29) is 12.1 Å². The smallest absolute Gasteiger partial charge is 0.170 e. The number of furan rings is 1. The summed E-state index contributed by atoms with van der Waals surface area (Å²) in [4.78, 5) is 6.67. The van der Waals surface area contributed by atoms with Crippen molar-refractivity contribution in [1.29, 1.82) is 0 Å². The Bertz CT molecular complexity index is 910.